The molecule has 0 amide bonds. The Bertz CT molecular complexity index is 716. The van der Waals surface area contributed by atoms with Crippen molar-refractivity contribution in [2.24, 2.45) is 23.2 Å². The zero-order valence-electron chi connectivity index (χ0n) is 15.3. The van der Waals surface area contributed by atoms with E-state index in [2.05, 4.69) is 18.5 Å². The highest BCUT2D eigenvalue weighted by Crippen LogP contribution is 2.62. The quantitative estimate of drug-likeness (QED) is 0.483. The van der Waals surface area contributed by atoms with Gasteiger partial charge in [0.15, 0.2) is 12.4 Å². The van der Waals surface area contributed by atoms with Gasteiger partial charge >= 0.3 is 0 Å². The Balaban J connectivity index is 1.76. The summed E-state index contributed by atoms with van der Waals surface area (Å²) in [6.45, 7) is 6.73. The molecule has 2 fully saturated rings. The van der Waals surface area contributed by atoms with Gasteiger partial charge in [-0.3, -0.25) is 9.69 Å². The number of rotatable bonds is 3. The van der Waals surface area contributed by atoms with Crippen LogP contribution >= 0.6 is 0 Å². The number of carbonyl (C=O) groups is 1. The van der Waals surface area contributed by atoms with Crippen LogP contribution in [0, 0.1) is 28.4 Å². The number of aryl methyl sites for hydroxylation is 1. The minimum Gasteiger partial charge on any atom is -0.619 e. The molecule has 0 radical (unpaired) electrons. The molecule has 1 aromatic rings. The van der Waals surface area contributed by atoms with Crippen molar-refractivity contribution in [3.05, 3.63) is 47.4 Å². The highest BCUT2D eigenvalue weighted by molar-refractivity contribution is 5.79. The van der Waals surface area contributed by atoms with E-state index in [1.54, 1.807) is 19.3 Å². The van der Waals surface area contributed by atoms with Crippen LogP contribution in [0.15, 0.2) is 31.1 Å². The standard InChI is InChI=1S/C21H28N2O2/c1-4-10-21-13-22(3)20-16-9-11-23(25)12-15(16)5-6-17(20)19(21)8-7-18(21)14(2)24/h4,9,11-12,17-20H,1,5-8,10,13H2,2-3H3/t17-,18-,19-,20+,21-/m0/s1. The molecule has 134 valence electrons. The Morgan fingerprint density at radius 2 is 2.28 bits per heavy atom. The lowest BCUT2D eigenvalue weighted by Crippen LogP contribution is -2.55. The number of likely N-dealkylation sites (tertiary alicyclic amines) is 1. The summed E-state index contributed by atoms with van der Waals surface area (Å²) in [7, 11) is 2.20. The zero-order chi connectivity index (χ0) is 17.8. The maximum atomic E-state index is 12.4. The Morgan fingerprint density at radius 1 is 1.48 bits per heavy atom. The van der Waals surface area contributed by atoms with E-state index in [1.807, 2.05) is 12.1 Å². The summed E-state index contributed by atoms with van der Waals surface area (Å²) in [5.74, 6) is 1.66. The topological polar surface area (TPSA) is 47.2 Å². The number of pyridine rings is 1. The summed E-state index contributed by atoms with van der Waals surface area (Å²) in [4.78, 5) is 14.9. The predicted molar refractivity (Wildman–Crippen MR) is 96.7 cm³/mol. The fourth-order valence-electron chi connectivity index (χ4n) is 6.57. The first-order chi connectivity index (χ1) is 12.0. The first-order valence-electron chi connectivity index (χ1n) is 9.51. The lowest BCUT2D eigenvalue weighted by molar-refractivity contribution is -0.606. The second-order valence-corrected chi connectivity index (χ2v) is 8.42. The van der Waals surface area contributed by atoms with E-state index < -0.39 is 0 Å². The van der Waals surface area contributed by atoms with Gasteiger partial charge in [-0.2, -0.15) is 4.73 Å². The Kier molecular flexibility index (Phi) is 3.99. The van der Waals surface area contributed by atoms with Crippen LogP contribution in [0.25, 0.3) is 0 Å². The normalized spacial score (nSPS) is 37.0. The molecule has 4 heteroatoms. The van der Waals surface area contributed by atoms with E-state index in [0.29, 0.717) is 23.7 Å². The largest absolute Gasteiger partial charge is 0.619 e. The molecule has 2 aliphatic carbocycles. The molecule has 0 bridgehead atoms. The molecule has 2 heterocycles. The second-order valence-electron chi connectivity index (χ2n) is 8.42. The summed E-state index contributed by atoms with van der Waals surface area (Å²) in [5, 5.41) is 11.7. The number of hydrogen-bond acceptors (Lipinski definition) is 3. The number of ketones is 1. The number of piperidine rings is 1. The predicted octanol–water partition coefficient (Wildman–Crippen LogP) is 3.05. The molecular weight excluding hydrogens is 312 g/mol. The van der Waals surface area contributed by atoms with Crippen molar-refractivity contribution in [3.63, 3.8) is 0 Å². The van der Waals surface area contributed by atoms with Crippen LogP contribution in [-0.4, -0.2) is 24.3 Å². The molecule has 1 saturated carbocycles. The molecule has 25 heavy (non-hydrogen) atoms. The summed E-state index contributed by atoms with van der Waals surface area (Å²) in [6.07, 6.45) is 10.6. The van der Waals surface area contributed by atoms with Crippen molar-refractivity contribution < 1.29 is 9.52 Å². The van der Waals surface area contributed by atoms with E-state index in [-0.39, 0.29) is 11.3 Å². The number of carbonyl (C=O) groups excluding carboxylic acids is 1. The third-order valence-corrected chi connectivity index (χ3v) is 7.28. The maximum Gasteiger partial charge on any atom is 0.183 e. The number of Topliss-reactive ketones (excluding diaryl/α,β-unsaturated/α-hetero) is 1. The van der Waals surface area contributed by atoms with Crippen LogP contribution in [-0.2, 0) is 11.2 Å². The first kappa shape index (κ1) is 16.8. The minimum absolute atomic E-state index is 0.0498. The highest BCUT2D eigenvalue weighted by atomic mass is 16.5. The average Bonchev–Trinajstić information content (AvgIpc) is 2.93. The van der Waals surface area contributed by atoms with Gasteiger partial charge in [-0.05, 0) is 68.9 Å². The van der Waals surface area contributed by atoms with Gasteiger partial charge in [0.2, 0.25) is 0 Å². The molecule has 1 saturated heterocycles. The molecule has 1 aliphatic heterocycles. The fraction of sp³-hybridized carbons (Fsp3) is 0.619. The average molecular weight is 340 g/mol. The van der Waals surface area contributed by atoms with Crippen molar-refractivity contribution >= 4 is 5.78 Å². The fourth-order valence-corrected chi connectivity index (χ4v) is 6.57. The summed E-state index contributed by atoms with van der Waals surface area (Å²) >= 11 is 0. The summed E-state index contributed by atoms with van der Waals surface area (Å²) < 4.78 is 0.922. The number of aromatic nitrogens is 1. The zero-order valence-corrected chi connectivity index (χ0v) is 15.3. The van der Waals surface area contributed by atoms with Crippen LogP contribution in [0.2, 0.25) is 0 Å². The number of fused-ring (bicyclic) bond motifs is 5. The van der Waals surface area contributed by atoms with Crippen molar-refractivity contribution in [2.75, 3.05) is 13.6 Å². The molecular formula is C21H28N2O2. The van der Waals surface area contributed by atoms with Gasteiger partial charge in [-0.1, -0.05) is 6.08 Å². The van der Waals surface area contributed by atoms with Crippen LogP contribution in [0.3, 0.4) is 0 Å². The van der Waals surface area contributed by atoms with Crippen molar-refractivity contribution in [1.29, 1.82) is 0 Å². The van der Waals surface area contributed by atoms with Gasteiger partial charge in [0.25, 0.3) is 0 Å². The minimum atomic E-state index is 0.0498. The molecule has 5 atom stereocenters. The highest BCUT2D eigenvalue weighted by Gasteiger charge is 2.59. The van der Waals surface area contributed by atoms with Gasteiger partial charge in [0, 0.05) is 30.1 Å². The number of nitrogens with zero attached hydrogens (tertiary/aromatic N) is 2. The van der Waals surface area contributed by atoms with Crippen molar-refractivity contribution in [1.82, 2.24) is 4.90 Å². The van der Waals surface area contributed by atoms with Gasteiger partial charge in [0.05, 0.1) is 0 Å². The second kappa shape index (κ2) is 5.94. The molecule has 4 nitrogen and oxygen atoms in total. The Hall–Kier alpha value is -1.68. The third-order valence-electron chi connectivity index (χ3n) is 7.28. The SMILES string of the molecule is C=CC[C@@]12CN(C)[C@@H]3c4cc[n+]([O-])cc4CC[C@H]3[C@@H]1CC[C@H]2C(C)=O. The molecule has 0 unspecified atom stereocenters. The number of allylic oxidation sites excluding steroid dienone is 1. The Morgan fingerprint density at radius 3 is 3.00 bits per heavy atom. The summed E-state index contributed by atoms with van der Waals surface area (Å²) in [5.41, 5.74) is 2.57. The molecule has 4 rings (SSSR count). The molecule has 0 N–H and O–H groups in total. The van der Waals surface area contributed by atoms with Crippen molar-refractivity contribution in [3.8, 4) is 0 Å². The first-order valence-corrected chi connectivity index (χ1v) is 9.51. The summed E-state index contributed by atoms with van der Waals surface area (Å²) in [6, 6.07) is 2.40. The van der Waals surface area contributed by atoms with E-state index >= 15 is 0 Å². The maximum absolute atomic E-state index is 12.4. The van der Waals surface area contributed by atoms with Crippen LogP contribution in [0.5, 0.6) is 0 Å². The van der Waals surface area contributed by atoms with Crippen LogP contribution in [0.4, 0.5) is 0 Å². The van der Waals surface area contributed by atoms with Gasteiger partial charge in [0.1, 0.15) is 5.78 Å². The molecule has 0 spiro atoms. The number of hydrogen-bond donors (Lipinski definition) is 0. The van der Waals surface area contributed by atoms with E-state index in [4.69, 9.17) is 0 Å². The van der Waals surface area contributed by atoms with E-state index in [1.165, 1.54) is 11.1 Å². The van der Waals surface area contributed by atoms with Gasteiger partial charge < -0.3 is 5.21 Å². The van der Waals surface area contributed by atoms with E-state index in [9.17, 15) is 10.0 Å². The monoisotopic (exact) mass is 340 g/mol. The van der Waals surface area contributed by atoms with Crippen LogP contribution < -0.4 is 4.73 Å². The van der Waals surface area contributed by atoms with E-state index in [0.717, 1.165) is 43.4 Å². The van der Waals surface area contributed by atoms with Crippen molar-refractivity contribution in [2.45, 2.75) is 45.1 Å². The molecule has 1 aromatic heterocycles. The lowest BCUT2D eigenvalue weighted by atomic mass is 9.57. The lowest BCUT2D eigenvalue weighted by Gasteiger charge is -2.55. The Labute approximate surface area is 150 Å². The molecule has 3 aliphatic rings. The smallest absolute Gasteiger partial charge is 0.183 e. The van der Waals surface area contributed by atoms with Gasteiger partial charge in [-0.15, -0.1) is 6.58 Å². The van der Waals surface area contributed by atoms with Crippen LogP contribution in [0.1, 0.15) is 49.8 Å². The van der Waals surface area contributed by atoms with Gasteiger partial charge in [-0.25, -0.2) is 0 Å². The third kappa shape index (κ3) is 2.37. The molecule has 0 aromatic carbocycles.